The summed E-state index contributed by atoms with van der Waals surface area (Å²) in [5, 5.41) is 0. The Hall–Kier alpha value is 6.31. The van der Waals surface area contributed by atoms with Crippen LogP contribution in [-0.2, 0) is 15.5 Å². The van der Waals surface area contributed by atoms with Gasteiger partial charge in [-0.2, -0.15) is 4.21 Å². The second kappa shape index (κ2) is 10.5. The minimum atomic E-state index is -2.42. The van der Waals surface area contributed by atoms with Crippen molar-refractivity contribution < 1.29 is 12.9 Å². The molecule has 0 spiro atoms. The number of alkyl halides is 13. The molecule has 0 saturated heterocycles. The van der Waals surface area contributed by atoms with Gasteiger partial charge in [0.15, 0.2) is 2.14 Å². The molecule has 0 aromatic carbocycles. The van der Waals surface area contributed by atoms with Gasteiger partial charge in [0.2, 0.25) is 0 Å². The molecule has 0 heterocycles. The first-order valence-electron chi connectivity index (χ1n) is 4.86. The highest BCUT2D eigenvalue weighted by Crippen LogP contribution is 2.74. The molecule has 1 atom stereocenters. The molecule has 146 valence electrons. The largest absolute Gasteiger partial charge is 0.301 e. The van der Waals surface area contributed by atoms with Crippen LogP contribution in [0.2, 0.25) is 0 Å². The van der Waals surface area contributed by atoms with Gasteiger partial charge in [-0.15, -0.1) is 0 Å². The second-order valence-electron chi connectivity index (χ2n) is 3.98. The summed E-state index contributed by atoms with van der Waals surface area (Å²) in [6, 6.07) is 0. The van der Waals surface area contributed by atoms with Crippen molar-refractivity contribution in [2.24, 2.45) is 0 Å². The summed E-state index contributed by atoms with van der Waals surface area (Å²) in [6.07, 6.45) is 0. The fourth-order valence-corrected chi connectivity index (χ4v) is 12.0. The van der Waals surface area contributed by atoms with Crippen molar-refractivity contribution in [3.8, 4) is 0 Å². The topological polar surface area (TPSA) is 46.5 Å². The molecule has 1 unspecified atom stereocenters. The molecule has 0 fully saturated rings. The van der Waals surface area contributed by atoms with E-state index in [1.165, 1.54) is 0 Å². The summed E-state index contributed by atoms with van der Waals surface area (Å²) >= 11 is 44.0. The lowest BCUT2D eigenvalue weighted by molar-refractivity contribution is 0.296. The Labute approximate surface area is 251 Å². The standard InChI is InChI=1S/C7H3Br13O3S/c8-2(9,1-23-24(21)22)3(10,11)4(12,13)5(14,15)6(16,17)7(18,19)20/h1H2,(H,21,22). The molecule has 24 heavy (non-hydrogen) atoms. The van der Waals surface area contributed by atoms with Crippen molar-refractivity contribution >= 4 is 218 Å². The van der Waals surface area contributed by atoms with Crippen molar-refractivity contribution in [1.29, 1.82) is 0 Å². The molecule has 0 aromatic rings. The molecular weight excluding hydrogens is 1200 g/mol. The SMILES string of the molecule is O=S(O)OCC(Br)(Br)C(Br)(Br)C(Br)(Br)C(Br)(Br)C(Br)(Br)C(Br)(Br)Br. The Balaban J connectivity index is 6.05. The first kappa shape index (κ1) is 30.3. The maximum atomic E-state index is 10.9. The summed E-state index contributed by atoms with van der Waals surface area (Å²) in [4.78, 5) is 0. The van der Waals surface area contributed by atoms with Crippen LogP contribution in [0.25, 0.3) is 0 Å². The van der Waals surface area contributed by atoms with E-state index in [4.69, 9.17) is 8.74 Å². The van der Waals surface area contributed by atoms with Crippen LogP contribution in [-0.4, -0.2) is 33.7 Å². The highest BCUT2D eigenvalue weighted by molar-refractivity contribution is 9.42. The fraction of sp³-hybridized carbons (Fsp3) is 1.00. The quantitative estimate of drug-likeness (QED) is 0.204. The molecule has 0 radical (unpaired) electrons. The summed E-state index contributed by atoms with van der Waals surface area (Å²) in [7, 11) is 0. The zero-order valence-corrected chi connectivity index (χ0v) is 31.7. The molecule has 1 N–H and O–H groups in total. The van der Waals surface area contributed by atoms with Crippen molar-refractivity contribution in [2.75, 3.05) is 6.61 Å². The van der Waals surface area contributed by atoms with E-state index in [9.17, 15) is 4.21 Å². The first-order chi connectivity index (χ1) is 10.2. The maximum absolute atomic E-state index is 10.9. The Bertz CT molecular complexity index is 484. The zero-order valence-electron chi connectivity index (χ0n) is 10.3. The van der Waals surface area contributed by atoms with Crippen molar-refractivity contribution in [2.45, 2.75) is 18.3 Å². The van der Waals surface area contributed by atoms with Crippen molar-refractivity contribution in [3.05, 3.63) is 0 Å². The lowest BCUT2D eigenvalue weighted by Gasteiger charge is -2.53. The van der Waals surface area contributed by atoms with Crippen LogP contribution in [0.3, 0.4) is 0 Å². The van der Waals surface area contributed by atoms with E-state index in [0.717, 1.165) is 0 Å². The molecule has 0 aliphatic carbocycles. The minimum absolute atomic E-state index is 0.179. The van der Waals surface area contributed by atoms with Crippen LogP contribution < -0.4 is 0 Å². The highest BCUT2D eigenvalue weighted by atomic mass is 80.0. The van der Waals surface area contributed by atoms with Crippen molar-refractivity contribution in [1.82, 2.24) is 0 Å². The lowest BCUT2D eigenvalue weighted by atomic mass is 10.1. The molecule has 0 aliphatic rings. The van der Waals surface area contributed by atoms with E-state index >= 15 is 0 Å². The molecule has 0 rings (SSSR count). The first-order valence-corrected chi connectivity index (χ1v) is 16.2. The van der Waals surface area contributed by atoms with Crippen molar-refractivity contribution in [3.63, 3.8) is 0 Å². The monoisotopic (exact) mass is 1190 g/mol. The third-order valence-corrected chi connectivity index (χ3v) is 27.5. The third-order valence-electron chi connectivity index (χ3n) is 2.34. The Morgan fingerprint density at radius 3 is 1.29 bits per heavy atom. The van der Waals surface area contributed by atoms with Crippen LogP contribution in [0.1, 0.15) is 0 Å². The lowest BCUT2D eigenvalue weighted by Crippen LogP contribution is -2.64. The second-order valence-corrected chi connectivity index (χ2v) is 29.0. The van der Waals surface area contributed by atoms with Gasteiger partial charge in [0.1, 0.15) is 16.2 Å². The van der Waals surface area contributed by atoms with E-state index in [0.29, 0.717) is 0 Å². The van der Waals surface area contributed by atoms with Gasteiger partial charge in [-0.25, -0.2) is 0 Å². The molecule has 0 aliphatic heterocycles. The van der Waals surface area contributed by atoms with E-state index in [-0.39, 0.29) is 6.61 Å². The van der Waals surface area contributed by atoms with Crippen LogP contribution in [0, 0.1) is 0 Å². The normalized spacial score (nSPS) is 17.1. The summed E-state index contributed by atoms with van der Waals surface area (Å²) in [5.41, 5.74) is 0. The Morgan fingerprint density at radius 1 is 0.667 bits per heavy atom. The number of hydrogen-bond acceptors (Lipinski definition) is 2. The van der Waals surface area contributed by atoms with Crippen LogP contribution in [0.5, 0.6) is 0 Å². The summed E-state index contributed by atoms with van der Waals surface area (Å²) < 4.78 is 18.7. The third kappa shape index (κ3) is 6.43. The van der Waals surface area contributed by atoms with Gasteiger partial charge in [-0.05, 0) is 0 Å². The zero-order chi connectivity index (χ0) is 20.0. The van der Waals surface area contributed by atoms with Gasteiger partial charge in [0.25, 0.3) is 0 Å². The van der Waals surface area contributed by atoms with Crippen LogP contribution >= 0.6 is 207 Å². The van der Waals surface area contributed by atoms with Crippen LogP contribution in [0.4, 0.5) is 0 Å². The fourth-order valence-electron chi connectivity index (χ4n) is 1.02. The molecule has 0 aromatic heterocycles. The highest BCUT2D eigenvalue weighted by Gasteiger charge is 2.73. The van der Waals surface area contributed by atoms with E-state index in [1.807, 2.05) is 0 Å². The van der Waals surface area contributed by atoms with Gasteiger partial charge < -0.3 is 0 Å². The Morgan fingerprint density at radius 2 is 1.00 bits per heavy atom. The smallest absolute Gasteiger partial charge is 0.284 e. The maximum Gasteiger partial charge on any atom is 0.301 e. The average molecular weight is 1210 g/mol. The van der Waals surface area contributed by atoms with Gasteiger partial charge >= 0.3 is 11.4 Å². The van der Waals surface area contributed by atoms with Gasteiger partial charge in [-0.3, -0.25) is 8.74 Å². The molecule has 0 saturated carbocycles. The summed E-state index contributed by atoms with van der Waals surface area (Å²) in [6.45, 7) is -0.179. The molecule has 0 bridgehead atoms. The predicted molar refractivity (Wildman–Crippen MR) is 149 cm³/mol. The molecule has 3 nitrogen and oxygen atoms in total. The molecule has 0 amide bonds. The van der Waals surface area contributed by atoms with Crippen LogP contribution in [0.15, 0.2) is 0 Å². The number of hydrogen-bond donors (Lipinski definition) is 1. The average Bonchev–Trinajstić information content (AvgIpc) is 2.34. The predicted octanol–water partition coefficient (Wildman–Crippen LogP) is 9.41. The van der Waals surface area contributed by atoms with Gasteiger partial charge in [0, 0.05) is 0 Å². The molecular formula is C7H3Br13O3S. The minimum Gasteiger partial charge on any atom is -0.284 e. The Kier molecular flexibility index (Phi) is 13.3. The van der Waals surface area contributed by atoms with E-state index < -0.39 is 29.7 Å². The number of rotatable bonds is 7. The van der Waals surface area contributed by atoms with Gasteiger partial charge in [0.05, 0.1) is 6.61 Å². The summed E-state index contributed by atoms with van der Waals surface area (Å²) in [5.74, 6) is 0. The molecule has 17 heteroatoms. The van der Waals surface area contributed by atoms with E-state index in [1.54, 1.807) is 0 Å². The van der Waals surface area contributed by atoms with E-state index in [2.05, 4.69) is 207 Å². The number of halogens is 13. The van der Waals surface area contributed by atoms with Gasteiger partial charge in [-0.1, -0.05) is 207 Å².